The number of carbonyl (C=O) groups is 1. The minimum Gasteiger partial charge on any atom is -0.383 e. The molecule has 4 aromatic rings. The quantitative estimate of drug-likeness (QED) is 0.483. The Kier molecular flexibility index (Phi) is 5.81. The predicted molar refractivity (Wildman–Crippen MR) is 116 cm³/mol. The minimum atomic E-state index is -0.225. The van der Waals surface area contributed by atoms with Crippen LogP contribution in [0.2, 0.25) is 0 Å². The molecular formula is C23H27N5O2. The topological polar surface area (TPSA) is 73.4 Å². The van der Waals surface area contributed by atoms with Crippen LogP contribution in [0.15, 0.2) is 54.9 Å². The summed E-state index contributed by atoms with van der Waals surface area (Å²) in [5, 5.41) is 12.8. The third-order valence-corrected chi connectivity index (χ3v) is 5.23. The van der Waals surface area contributed by atoms with E-state index in [0.717, 1.165) is 35.3 Å². The highest BCUT2D eigenvalue weighted by molar-refractivity contribution is 5.98. The van der Waals surface area contributed by atoms with Crippen molar-refractivity contribution >= 4 is 22.5 Å². The van der Waals surface area contributed by atoms with Gasteiger partial charge in [-0.05, 0) is 48.7 Å². The Morgan fingerprint density at radius 2 is 2.00 bits per heavy atom. The first-order valence-corrected chi connectivity index (χ1v) is 10.2. The number of carbonyl (C=O) groups excluding carboxylic acids is 1. The van der Waals surface area contributed by atoms with E-state index in [1.165, 1.54) is 0 Å². The van der Waals surface area contributed by atoms with Gasteiger partial charge in [-0.3, -0.25) is 9.20 Å². The van der Waals surface area contributed by atoms with Crippen molar-refractivity contribution in [2.45, 2.75) is 32.9 Å². The number of aromatic nitrogens is 4. The van der Waals surface area contributed by atoms with Crippen molar-refractivity contribution in [1.82, 2.24) is 24.5 Å². The maximum atomic E-state index is 13.1. The van der Waals surface area contributed by atoms with E-state index in [1.807, 2.05) is 59.3 Å². The summed E-state index contributed by atoms with van der Waals surface area (Å²) in [5.74, 6) is 1.03. The van der Waals surface area contributed by atoms with Gasteiger partial charge in [0.25, 0.3) is 5.91 Å². The number of rotatable bonds is 8. The van der Waals surface area contributed by atoms with Crippen molar-refractivity contribution in [3.8, 4) is 0 Å². The zero-order chi connectivity index (χ0) is 21.1. The summed E-state index contributed by atoms with van der Waals surface area (Å²) in [5.41, 5.74) is 2.50. The number of benzene rings is 1. The summed E-state index contributed by atoms with van der Waals surface area (Å²) in [6.07, 6.45) is 4.73. The Hall–Kier alpha value is -3.19. The highest BCUT2D eigenvalue weighted by atomic mass is 16.5. The smallest absolute Gasteiger partial charge is 0.251 e. The fourth-order valence-electron chi connectivity index (χ4n) is 3.77. The van der Waals surface area contributed by atoms with Gasteiger partial charge in [0.05, 0.1) is 12.6 Å². The third kappa shape index (κ3) is 4.07. The van der Waals surface area contributed by atoms with Gasteiger partial charge in [-0.15, -0.1) is 10.2 Å². The summed E-state index contributed by atoms with van der Waals surface area (Å²) in [4.78, 5) is 13.1. The van der Waals surface area contributed by atoms with Crippen LogP contribution in [0.5, 0.6) is 0 Å². The van der Waals surface area contributed by atoms with E-state index in [-0.39, 0.29) is 11.9 Å². The number of nitrogens with one attached hydrogen (secondary N) is 1. The van der Waals surface area contributed by atoms with Crippen molar-refractivity contribution in [2.24, 2.45) is 5.92 Å². The molecule has 3 heterocycles. The maximum Gasteiger partial charge on any atom is 0.251 e. The first-order chi connectivity index (χ1) is 14.6. The van der Waals surface area contributed by atoms with Gasteiger partial charge in [-0.1, -0.05) is 19.9 Å². The van der Waals surface area contributed by atoms with Crippen LogP contribution in [0.25, 0.3) is 16.6 Å². The van der Waals surface area contributed by atoms with E-state index in [9.17, 15) is 4.79 Å². The van der Waals surface area contributed by atoms with Crippen LogP contribution in [0, 0.1) is 5.92 Å². The first-order valence-electron chi connectivity index (χ1n) is 10.2. The normalized spacial score (nSPS) is 12.7. The molecule has 4 rings (SSSR count). The molecule has 1 N–H and O–H groups in total. The third-order valence-electron chi connectivity index (χ3n) is 5.23. The number of pyridine rings is 1. The van der Waals surface area contributed by atoms with Crippen molar-refractivity contribution in [3.05, 3.63) is 66.2 Å². The molecule has 0 aliphatic carbocycles. The molecule has 7 nitrogen and oxygen atoms in total. The summed E-state index contributed by atoms with van der Waals surface area (Å²) in [6, 6.07) is 13.4. The molecule has 0 aliphatic heterocycles. The number of hydrogen-bond acceptors (Lipinski definition) is 4. The lowest BCUT2D eigenvalue weighted by molar-refractivity contribution is 0.0929. The summed E-state index contributed by atoms with van der Waals surface area (Å²) in [6.45, 7) is 5.70. The number of nitrogens with zero attached hydrogens (tertiary/aromatic N) is 4. The molecule has 1 atom stereocenters. The van der Waals surface area contributed by atoms with Gasteiger partial charge >= 0.3 is 0 Å². The summed E-state index contributed by atoms with van der Waals surface area (Å²) >= 11 is 0. The molecule has 0 spiro atoms. The average molecular weight is 406 g/mol. The van der Waals surface area contributed by atoms with Crippen LogP contribution >= 0.6 is 0 Å². The summed E-state index contributed by atoms with van der Waals surface area (Å²) in [7, 11) is 1.69. The summed E-state index contributed by atoms with van der Waals surface area (Å²) < 4.78 is 9.24. The molecule has 0 saturated heterocycles. The average Bonchev–Trinajstić information content (AvgIpc) is 3.35. The second kappa shape index (κ2) is 8.67. The van der Waals surface area contributed by atoms with Crippen LogP contribution in [0.1, 0.15) is 42.5 Å². The zero-order valence-corrected chi connectivity index (χ0v) is 17.6. The van der Waals surface area contributed by atoms with Gasteiger partial charge in [0.2, 0.25) is 0 Å². The lowest BCUT2D eigenvalue weighted by Gasteiger charge is -2.19. The molecule has 1 amide bonds. The second-order valence-electron chi connectivity index (χ2n) is 7.92. The zero-order valence-electron chi connectivity index (χ0n) is 17.6. The molecule has 0 aliphatic rings. The maximum absolute atomic E-state index is 13.1. The molecular weight excluding hydrogens is 378 g/mol. The SMILES string of the molecule is COCCn1ccc2cc(C(=O)NC(CC(C)C)c3nnc4ccccn34)ccc21. The van der Waals surface area contributed by atoms with Gasteiger partial charge in [0, 0.05) is 42.5 Å². The molecule has 0 fully saturated rings. The van der Waals surface area contributed by atoms with Crippen molar-refractivity contribution < 1.29 is 9.53 Å². The molecule has 3 aromatic heterocycles. The Labute approximate surface area is 175 Å². The largest absolute Gasteiger partial charge is 0.383 e. The molecule has 0 radical (unpaired) electrons. The number of ether oxygens (including phenoxy) is 1. The van der Waals surface area contributed by atoms with Crippen molar-refractivity contribution in [1.29, 1.82) is 0 Å². The molecule has 0 saturated carbocycles. The Bertz CT molecular complexity index is 1160. The second-order valence-corrected chi connectivity index (χ2v) is 7.92. The highest BCUT2D eigenvalue weighted by Crippen LogP contribution is 2.23. The van der Waals surface area contributed by atoms with Gasteiger partial charge in [-0.2, -0.15) is 0 Å². The molecule has 1 aromatic carbocycles. The molecule has 156 valence electrons. The first kappa shape index (κ1) is 20.1. The van der Waals surface area contributed by atoms with Crippen LogP contribution in [-0.4, -0.2) is 38.8 Å². The molecule has 7 heteroatoms. The molecule has 0 bridgehead atoms. The van der Waals surface area contributed by atoms with E-state index >= 15 is 0 Å². The molecule has 1 unspecified atom stereocenters. The fourth-order valence-corrected chi connectivity index (χ4v) is 3.77. The number of amides is 1. The minimum absolute atomic E-state index is 0.111. The Balaban J connectivity index is 1.59. The monoisotopic (exact) mass is 405 g/mol. The predicted octanol–water partition coefficient (Wildman–Crippen LogP) is 3.85. The van der Waals surface area contributed by atoms with Gasteiger partial charge in [0.1, 0.15) is 0 Å². The Morgan fingerprint density at radius 3 is 2.80 bits per heavy atom. The highest BCUT2D eigenvalue weighted by Gasteiger charge is 2.22. The van der Waals surface area contributed by atoms with Gasteiger partial charge in [0.15, 0.2) is 11.5 Å². The fraction of sp³-hybridized carbons (Fsp3) is 0.348. The lowest BCUT2D eigenvalue weighted by Crippen LogP contribution is -2.31. The van der Waals surface area contributed by atoms with E-state index in [4.69, 9.17) is 4.74 Å². The van der Waals surface area contributed by atoms with Gasteiger partial charge < -0.3 is 14.6 Å². The molecule has 30 heavy (non-hydrogen) atoms. The standard InChI is InChI=1S/C23H27N5O2/c1-16(2)14-19(22-26-25-21-6-4-5-10-28(21)22)24-23(29)18-7-8-20-17(15-18)9-11-27(20)12-13-30-3/h4-11,15-16,19H,12-14H2,1-3H3,(H,24,29). The van der Waals surface area contributed by atoms with Crippen LogP contribution in [0.4, 0.5) is 0 Å². The number of methoxy groups -OCH3 is 1. The number of hydrogen-bond donors (Lipinski definition) is 1. The van der Waals surface area contributed by atoms with Crippen LogP contribution in [-0.2, 0) is 11.3 Å². The van der Waals surface area contributed by atoms with Crippen molar-refractivity contribution in [2.75, 3.05) is 13.7 Å². The van der Waals surface area contributed by atoms with Crippen LogP contribution < -0.4 is 5.32 Å². The van der Waals surface area contributed by atoms with E-state index in [1.54, 1.807) is 7.11 Å². The lowest BCUT2D eigenvalue weighted by atomic mass is 10.0. The van der Waals surface area contributed by atoms with E-state index in [2.05, 4.69) is 33.9 Å². The van der Waals surface area contributed by atoms with Gasteiger partial charge in [-0.25, -0.2) is 0 Å². The number of fused-ring (bicyclic) bond motifs is 2. The van der Waals surface area contributed by atoms with E-state index in [0.29, 0.717) is 18.1 Å². The Morgan fingerprint density at radius 1 is 1.13 bits per heavy atom. The van der Waals surface area contributed by atoms with E-state index < -0.39 is 0 Å². The van der Waals surface area contributed by atoms with Crippen LogP contribution in [0.3, 0.4) is 0 Å². The van der Waals surface area contributed by atoms with Crippen molar-refractivity contribution in [3.63, 3.8) is 0 Å².